The topological polar surface area (TPSA) is 134 Å². The lowest BCUT2D eigenvalue weighted by Gasteiger charge is -2.14. The van der Waals surface area contributed by atoms with E-state index in [1.165, 1.54) is 26.4 Å². The maximum atomic E-state index is 12.3. The molecule has 0 aromatic heterocycles. The highest BCUT2D eigenvalue weighted by atomic mass is 32.2. The number of nitrogens with one attached hydrogen (secondary N) is 1. The fourth-order valence-electron chi connectivity index (χ4n) is 2.02. The molecule has 0 bridgehead atoms. The molecular formula is C15H17N3O5S. The second-order valence-corrected chi connectivity index (χ2v) is 6.35. The molecule has 0 aliphatic rings. The van der Waals surface area contributed by atoms with Crippen LogP contribution in [-0.4, -0.2) is 28.5 Å². The van der Waals surface area contributed by atoms with E-state index in [0.29, 0.717) is 11.3 Å². The number of amides is 1. The number of carbonyl (C=O) groups excluding carboxylic acids is 1. The van der Waals surface area contributed by atoms with Crippen molar-refractivity contribution in [3.8, 4) is 11.5 Å². The number of hydrogen-bond acceptors (Lipinski definition) is 6. The Kier molecular flexibility index (Phi) is 4.96. The van der Waals surface area contributed by atoms with Crippen molar-refractivity contribution < 1.29 is 22.7 Å². The van der Waals surface area contributed by atoms with E-state index < -0.39 is 15.9 Å². The molecule has 0 unspecified atom stereocenters. The number of benzene rings is 2. The van der Waals surface area contributed by atoms with Crippen LogP contribution < -0.4 is 25.7 Å². The van der Waals surface area contributed by atoms with Crippen molar-refractivity contribution in [2.45, 2.75) is 4.90 Å². The molecular weight excluding hydrogens is 334 g/mol. The molecule has 0 fully saturated rings. The summed E-state index contributed by atoms with van der Waals surface area (Å²) in [6, 6.07) is 8.83. The first-order chi connectivity index (χ1) is 11.3. The lowest BCUT2D eigenvalue weighted by Crippen LogP contribution is -2.16. The van der Waals surface area contributed by atoms with Gasteiger partial charge in [-0.3, -0.25) is 4.79 Å². The minimum atomic E-state index is -4.01. The number of ether oxygens (including phenoxy) is 2. The summed E-state index contributed by atoms with van der Waals surface area (Å²) in [5.41, 5.74) is 6.73. The third-order valence-corrected chi connectivity index (χ3v) is 4.15. The average molecular weight is 351 g/mol. The average Bonchev–Trinajstić information content (AvgIpc) is 2.53. The van der Waals surface area contributed by atoms with E-state index in [1.54, 1.807) is 24.3 Å². The molecule has 1 amide bonds. The summed E-state index contributed by atoms with van der Waals surface area (Å²) in [4.78, 5) is 12.0. The van der Waals surface area contributed by atoms with Gasteiger partial charge in [0.2, 0.25) is 10.0 Å². The Morgan fingerprint density at radius 2 is 1.62 bits per heavy atom. The number of anilines is 2. The molecule has 0 spiro atoms. The summed E-state index contributed by atoms with van der Waals surface area (Å²) in [5.74, 6) is -0.298. The van der Waals surface area contributed by atoms with Gasteiger partial charge in [0.15, 0.2) is 0 Å². The summed E-state index contributed by atoms with van der Waals surface area (Å²) in [6.07, 6.45) is 0. The first-order valence-electron chi connectivity index (χ1n) is 6.72. The van der Waals surface area contributed by atoms with Gasteiger partial charge < -0.3 is 20.5 Å². The molecule has 0 radical (unpaired) electrons. The summed E-state index contributed by atoms with van der Waals surface area (Å²) in [7, 11) is -1.38. The van der Waals surface area contributed by atoms with Gasteiger partial charge in [-0.05, 0) is 24.3 Å². The number of sulfonamides is 1. The van der Waals surface area contributed by atoms with Gasteiger partial charge in [-0.15, -0.1) is 0 Å². The van der Waals surface area contributed by atoms with E-state index in [4.69, 9.17) is 20.3 Å². The van der Waals surface area contributed by atoms with Crippen LogP contribution in [0.25, 0.3) is 0 Å². The van der Waals surface area contributed by atoms with Gasteiger partial charge in [-0.1, -0.05) is 0 Å². The van der Waals surface area contributed by atoms with Crippen molar-refractivity contribution in [3.05, 3.63) is 42.0 Å². The highest BCUT2D eigenvalue weighted by Crippen LogP contribution is 2.35. The van der Waals surface area contributed by atoms with Gasteiger partial charge in [-0.25, -0.2) is 13.6 Å². The van der Waals surface area contributed by atoms with Crippen molar-refractivity contribution in [3.63, 3.8) is 0 Å². The highest BCUT2D eigenvalue weighted by molar-refractivity contribution is 7.89. The lowest BCUT2D eigenvalue weighted by molar-refractivity contribution is 0.102. The SMILES string of the molecule is COc1cc(S(N)(=O)=O)c(OC)cc1NC(=O)c1ccc(N)cc1. The number of hydrogen-bond donors (Lipinski definition) is 3. The van der Waals surface area contributed by atoms with Crippen LogP contribution in [0.15, 0.2) is 41.3 Å². The predicted molar refractivity (Wildman–Crippen MR) is 89.7 cm³/mol. The largest absolute Gasteiger partial charge is 0.495 e. The monoisotopic (exact) mass is 351 g/mol. The first-order valence-corrected chi connectivity index (χ1v) is 8.26. The van der Waals surface area contributed by atoms with Crippen LogP contribution in [0.1, 0.15) is 10.4 Å². The number of rotatable bonds is 5. The molecule has 24 heavy (non-hydrogen) atoms. The zero-order valence-electron chi connectivity index (χ0n) is 13.1. The quantitative estimate of drug-likeness (QED) is 0.693. The van der Waals surface area contributed by atoms with E-state index >= 15 is 0 Å². The molecule has 0 saturated heterocycles. The predicted octanol–water partition coefficient (Wildman–Crippen LogP) is 1.19. The van der Waals surface area contributed by atoms with Crippen molar-refractivity contribution in [2.24, 2.45) is 5.14 Å². The highest BCUT2D eigenvalue weighted by Gasteiger charge is 2.20. The van der Waals surface area contributed by atoms with Gasteiger partial charge >= 0.3 is 0 Å². The molecule has 0 aliphatic heterocycles. The molecule has 128 valence electrons. The number of primary sulfonamides is 1. The van der Waals surface area contributed by atoms with E-state index in [9.17, 15) is 13.2 Å². The Morgan fingerprint density at radius 1 is 1.04 bits per heavy atom. The van der Waals surface area contributed by atoms with Gasteiger partial charge in [0, 0.05) is 23.4 Å². The van der Waals surface area contributed by atoms with Gasteiger partial charge in [-0.2, -0.15) is 0 Å². The molecule has 0 atom stereocenters. The summed E-state index contributed by atoms with van der Waals surface area (Å²) >= 11 is 0. The van der Waals surface area contributed by atoms with Crippen LogP contribution in [0.2, 0.25) is 0 Å². The van der Waals surface area contributed by atoms with Crippen LogP contribution in [0.5, 0.6) is 11.5 Å². The Morgan fingerprint density at radius 3 is 2.12 bits per heavy atom. The zero-order valence-corrected chi connectivity index (χ0v) is 13.9. The smallest absolute Gasteiger partial charge is 0.255 e. The van der Waals surface area contributed by atoms with Crippen molar-refractivity contribution in [1.29, 1.82) is 0 Å². The Labute approximate surface area is 139 Å². The normalized spacial score (nSPS) is 11.0. The van der Waals surface area contributed by atoms with E-state index in [0.717, 1.165) is 0 Å². The number of methoxy groups -OCH3 is 2. The molecule has 2 aromatic carbocycles. The first kappa shape index (κ1) is 17.6. The fraction of sp³-hybridized carbons (Fsp3) is 0.133. The third kappa shape index (κ3) is 3.76. The van der Waals surface area contributed by atoms with Crippen LogP contribution in [-0.2, 0) is 10.0 Å². The lowest BCUT2D eigenvalue weighted by atomic mass is 10.2. The summed E-state index contributed by atoms with van der Waals surface area (Å²) < 4.78 is 33.4. The maximum Gasteiger partial charge on any atom is 0.255 e. The standard InChI is InChI=1S/C15H17N3O5S/c1-22-12-8-14(24(17,20)21)13(23-2)7-11(12)18-15(19)9-3-5-10(16)6-4-9/h3-8H,16H2,1-2H3,(H,18,19)(H2,17,20,21). The van der Waals surface area contributed by atoms with Crippen LogP contribution >= 0.6 is 0 Å². The van der Waals surface area contributed by atoms with E-state index in [2.05, 4.69) is 5.32 Å². The molecule has 5 N–H and O–H groups in total. The molecule has 0 saturated carbocycles. The second kappa shape index (κ2) is 6.77. The number of nitrogen functional groups attached to an aromatic ring is 1. The minimum Gasteiger partial charge on any atom is -0.495 e. The molecule has 2 aromatic rings. The van der Waals surface area contributed by atoms with Gasteiger partial charge in [0.25, 0.3) is 5.91 Å². The Bertz CT molecular complexity index is 863. The van der Waals surface area contributed by atoms with Crippen LogP contribution in [0.3, 0.4) is 0 Å². The molecule has 9 heteroatoms. The molecule has 0 aliphatic carbocycles. The fourth-order valence-corrected chi connectivity index (χ4v) is 2.71. The maximum absolute atomic E-state index is 12.3. The Hall–Kier alpha value is -2.78. The minimum absolute atomic E-state index is 0.00842. The second-order valence-electron chi connectivity index (χ2n) is 4.82. The van der Waals surface area contributed by atoms with E-state index in [-0.39, 0.29) is 22.1 Å². The third-order valence-electron chi connectivity index (χ3n) is 3.21. The van der Waals surface area contributed by atoms with Crippen LogP contribution in [0.4, 0.5) is 11.4 Å². The summed E-state index contributed by atoms with van der Waals surface area (Å²) in [5, 5.41) is 7.78. The zero-order chi connectivity index (χ0) is 17.9. The van der Waals surface area contributed by atoms with E-state index in [1.807, 2.05) is 0 Å². The number of carbonyl (C=O) groups is 1. The summed E-state index contributed by atoms with van der Waals surface area (Å²) in [6.45, 7) is 0. The van der Waals surface area contributed by atoms with Gasteiger partial charge in [0.1, 0.15) is 16.4 Å². The van der Waals surface area contributed by atoms with Crippen LogP contribution in [0, 0.1) is 0 Å². The Balaban J connectivity index is 2.43. The molecule has 2 rings (SSSR count). The van der Waals surface area contributed by atoms with Gasteiger partial charge in [0.05, 0.1) is 19.9 Å². The molecule has 8 nitrogen and oxygen atoms in total. The number of nitrogens with two attached hydrogens (primary N) is 2. The van der Waals surface area contributed by atoms with Crippen molar-refractivity contribution in [2.75, 3.05) is 25.3 Å². The molecule has 0 heterocycles. The van der Waals surface area contributed by atoms with Crippen molar-refractivity contribution in [1.82, 2.24) is 0 Å². The van der Waals surface area contributed by atoms with Crippen molar-refractivity contribution >= 4 is 27.3 Å².